The number of carbonyl (C=O) groups excluding carboxylic acids is 2. The van der Waals surface area contributed by atoms with Gasteiger partial charge in [-0.1, -0.05) is 44.5 Å². The van der Waals surface area contributed by atoms with Crippen LogP contribution in [0.2, 0.25) is 0 Å². The Hall–Kier alpha value is -1.92. The molecule has 6 heteroatoms. The Morgan fingerprint density at radius 1 is 1.04 bits per heavy atom. The Balaban J connectivity index is 1.82. The van der Waals surface area contributed by atoms with Gasteiger partial charge in [-0.2, -0.15) is 0 Å². The molecule has 0 bridgehead atoms. The summed E-state index contributed by atoms with van der Waals surface area (Å²) >= 11 is 0. The van der Waals surface area contributed by atoms with E-state index in [4.69, 9.17) is 0 Å². The summed E-state index contributed by atoms with van der Waals surface area (Å²) < 4.78 is 0. The smallest absolute Gasteiger partial charge is 0.321 e. The Morgan fingerprint density at radius 3 is 2.37 bits per heavy atom. The van der Waals surface area contributed by atoms with E-state index in [-0.39, 0.29) is 5.91 Å². The standard InChI is InChI=1S/C21H34N4O2/c1-16(2)13-23-21(27)24-20(26)17(3)22-14-18-9-5-6-10-19(18)15-25-11-7-4-8-12-25/h5-6,9-10,16-17,22H,4,7-8,11-15H2,1-3H3,(H2,23,24,26,27). The van der Waals surface area contributed by atoms with Crippen molar-refractivity contribution in [1.82, 2.24) is 20.9 Å². The van der Waals surface area contributed by atoms with Crippen LogP contribution in [0.5, 0.6) is 0 Å². The molecule has 0 aliphatic carbocycles. The van der Waals surface area contributed by atoms with Crippen LogP contribution in [0.1, 0.15) is 51.2 Å². The Labute approximate surface area is 163 Å². The number of piperidine rings is 1. The average Bonchev–Trinajstić information content (AvgIpc) is 2.66. The van der Waals surface area contributed by atoms with E-state index in [0.717, 1.165) is 19.6 Å². The lowest BCUT2D eigenvalue weighted by atomic mass is 10.0. The van der Waals surface area contributed by atoms with E-state index in [1.165, 1.54) is 30.4 Å². The summed E-state index contributed by atoms with van der Waals surface area (Å²) in [5, 5.41) is 8.32. The van der Waals surface area contributed by atoms with Gasteiger partial charge in [0.15, 0.2) is 0 Å². The van der Waals surface area contributed by atoms with Crippen molar-refractivity contribution in [2.24, 2.45) is 5.92 Å². The molecule has 0 spiro atoms. The predicted octanol–water partition coefficient (Wildman–Crippen LogP) is 2.63. The zero-order chi connectivity index (χ0) is 19.6. The van der Waals surface area contributed by atoms with Crippen LogP contribution >= 0.6 is 0 Å². The molecular formula is C21H34N4O2. The van der Waals surface area contributed by atoms with Gasteiger partial charge in [-0.25, -0.2) is 4.79 Å². The average molecular weight is 375 g/mol. The SMILES string of the molecule is CC(C)CNC(=O)NC(=O)C(C)NCc1ccccc1CN1CCCCC1. The van der Waals surface area contributed by atoms with Crippen LogP contribution in [0.3, 0.4) is 0 Å². The topological polar surface area (TPSA) is 73.5 Å². The molecule has 0 aromatic heterocycles. The van der Waals surface area contributed by atoms with Crippen molar-refractivity contribution in [3.63, 3.8) is 0 Å². The summed E-state index contributed by atoms with van der Waals surface area (Å²) in [5.41, 5.74) is 2.50. The van der Waals surface area contributed by atoms with Gasteiger partial charge in [-0.15, -0.1) is 0 Å². The molecule has 1 aliphatic heterocycles. The molecule has 0 radical (unpaired) electrons. The number of urea groups is 1. The molecule has 1 aromatic rings. The van der Waals surface area contributed by atoms with Gasteiger partial charge in [-0.3, -0.25) is 15.0 Å². The quantitative estimate of drug-likeness (QED) is 0.654. The van der Waals surface area contributed by atoms with Crippen LogP contribution in [-0.2, 0) is 17.9 Å². The fraction of sp³-hybridized carbons (Fsp3) is 0.619. The first-order valence-electron chi connectivity index (χ1n) is 10.1. The fourth-order valence-corrected chi connectivity index (χ4v) is 3.16. The summed E-state index contributed by atoms with van der Waals surface area (Å²) in [7, 11) is 0. The van der Waals surface area contributed by atoms with E-state index in [2.05, 4.69) is 39.0 Å². The summed E-state index contributed by atoms with van der Waals surface area (Å²) in [6, 6.07) is 7.48. The van der Waals surface area contributed by atoms with Crippen molar-refractivity contribution in [1.29, 1.82) is 0 Å². The first-order chi connectivity index (χ1) is 13.0. The van der Waals surface area contributed by atoms with Gasteiger partial charge < -0.3 is 10.6 Å². The summed E-state index contributed by atoms with van der Waals surface area (Å²) in [6.07, 6.45) is 3.88. The molecular weight excluding hydrogens is 340 g/mol. The number of nitrogens with one attached hydrogen (secondary N) is 3. The highest BCUT2D eigenvalue weighted by molar-refractivity contribution is 5.96. The van der Waals surface area contributed by atoms with Crippen LogP contribution < -0.4 is 16.0 Å². The second-order valence-corrected chi connectivity index (χ2v) is 7.80. The molecule has 1 heterocycles. The number of hydrogen-bond acceptors (Lipinski definition) is 4. The van der Waals surface area contributed by atoms with Gasteiger partial charge in [-0.05, 0) is 49.9 Å². The maximum Gasteiger partial charge on any atom is 0.321 e. The number of amides is 3. The minimum atomic E-state index is -0.446. The highest BCUT2D eigenvalue weighted by Crippen LogP contribution is 2.16. The highest BCUT2D eigenvalue weighted by atomic mass is 16.2. The van der Waals surface area contributed by atoms with Gasteiger partial charge in [0.25, 0.3) is 0 Å². The molecule has 1 aliphatic rings. The molecule has 1 unspecified atom stereocenters. The molecule has 3 amide bonds. The molecule has 2 rings (SSSR count). The van der Waals surface area contributed by atoms with Crippen LogP contribution in [-0.4, -0.2) is 42.5 Å². The van der Waals surface area contributed by atoms with Crippen LogP contribution in [0.15, 0.2) is 24.3 Å². The number of rotatable bonds is 8. The molecule has 3 N–H and O–H groups in total. The molecule has 1 aromatic carbocycles. The third kappa shape index (κ3) is 7.69. The Kier molecular flexibility index (Phi) is 8.75. The largest absolute Gasteiger partial charge is 0.338 e. The number of carbonyl (C=O) groups is 2. The second kappa shape index (κ2) is 11.0. The number of imide groups is 1. The third-order valence-electron chi connectivity index (χ3n) is 4.86. The van der Waals surface area contributed by atoms with Crippen LogP contribution in [0.4, 0.5) is 4.79 Å². The van der Waals surface area contributed by atoms with Crippen molar-refractivity contribution in [2.45, 2.75) is 59.2 Å². The number of nitrogens with zero attached hydrogens (tertiary/aromatic N) is 1. The van der Waals surface area contributed by atoms with E-state index in [1.54, 1.807) is 6.92 Å². The first-order valence-corrected chi connectivity index (χ1v) is 10.1. The van der Waals surface area contributed by atoms with Crippen molar-refractivity contribution in [3.05, 3.63) is 35.4 Å². The highest BCUT2D eigenvalue weighted by Gasteiger charge is 2.17. The van der Waals surface area contributed by atoms with Crippen molar-refractivity contribution >= 4 is 11.9 Å². The van der Waals surface area contributed by atoms with E-state index >= 15 is 0 Å². The minimum Gasteiger partial charge on any atom is -0.338 e. The summed E-state index contributed by atoms with van der Waals surface area (Å²) in [4.78, 5) is 26.4. The Morgan fingerprint density at radius 2 is 1.70 bits per heavy atom. The number of benzene rings is 1. The third-order valence-corrected chi connectivity index (χ3v) is 4.86. The first kappa shape index (κ1) is 21.4. The monoisotopic (exact) mass is 374 g/mol. The predicted molar refractivity (Wildman–Crippen MR) is 108 cm³/mol. The molecule has 1 fully saturated rings. The lowest BCUT2D eigenvalue weighted by Crippen LogP contribution is -2.48. The van der Waals surface area contributed by atoms with E-state index in [0.29, 0.717) is 19.0 Å². The van der Waals surface area contributed by atoms with E-state index in [9.17, 15) is 9.59 Å². The van der Waals surface area contributed by atoms with Gasteiger partial charge >= 0.3 is 6.03 Å². The van der Waals surface area contributed by atoms with Crippen molar-refractivity contribution in [2.75, 3.05) is 19.6 Å². The van der Waals surface area contributed by atoms with Crippen LogP contribution in [0, 0.1) is 5.92 Å². The normalized spacial score (nSPS) is 16.1. The number of hydrogen-bond donors (Lipinski definition) is 3. The maximum atomic E-state index is 12.2. The minimum absolute atomic E-state index is 0.315. The molecule has 6 nitrogen and oxygen atoms in total. The van der Waals surface area contributed by atoms with E-state index < -0.39 is 12.1 Å². The summed E-state index contributed by atoms with van der Waals surface area (Å²) in [6.45, 7) is 10.2. The van der Waals surface area contributed by atoms with Crippen molar-refractivity contribution in [3.8, 4) is 0 Å². The van der Waals surface area contributed by atoms with Gasteiger partial charge in [0.1, 0.15) is 0 Å². The molecule has 27 heavy (non-hydrogen) atoms. The zero-order valence-electron chi connectivity index (χ0n) is 16.9. The van der Waals surface area contributed by atoms with Crippen LogP contribution in [0.25, 0.3) is 0 Å². The summed E-state index contributed by atoms with van der Waals surface area (Å²) in [5.74, 6) is 0.0302. The van der Waals surface area contributed by atoms with Crippen molar-refractivity contribution < 1.29 is 9.59 Å². The van der Waals surface area contributed by atoms with Gasteiger partial charge in [0.2, 0.25) is 5.91 Å². The lowest BCUT2D eigenvalue weighted by Gasteiger charge is -2.27. The fourth-order valence-electron chi connectivity index (χ4n) is 3.16. The van der Waals surface area contributed by atoms with Gasteiger partial charge in [0.05, 0.1) is 6.04 Å². The zero-order valence-corrected chi connectivity index (χ0v) is 16.9. The lowest BCUT2D eigenvalue weighted by molar-refractivity contribution is -0.121. The van der Waals surface area contributed by atoms with E-state index in [1.807, 2.05) is 19.9 Å². The molecule has 1 saturated heterocycles. The second-order valence-electron chi connectivity index (χ2n) is 7.80. The molecule has 150 valence electrons. The van der Waals surface area contributed by atoms with Gasteiger partial charge in [0, 0.05) is 19.6 Å². The number of likely N-dealkylation sites (tertiary alicyclic amines) is 1. The maximum absolute atomic E-state index is 12.2. The molecule has 1 atom stereocenters. The molecule has 0 saturated carbocycles. The Bertz CT molecular complexity index is 612.